The number of nitrogens with zero attached hydrogens (tertiary/aromatic N) is 1. The maximum absolute atomic E-state index is 10.0. The number of benzene rings is 1. The smallest absolute Gasteiger partial charge is 0.195 e. The summed E-state index contributed by atoms with van der Waals surface area (Å²) < 4.78 is 0. The van der Waals surface area contributed by atoms with Gasteiger partial charge in [0.15, 0.2) is 5.88 Å². The lowest BCUT2D eigenvalue weighted by Gasteiger charge is -2.25. The van der Waals surface area contributed by atoms with Crippen molar-refractivity contribution in [1.82, 2.24) is 4.90 Å². The number of allylic oxidation sites excluding steroid dienone is 5. The summed E-state index contributed by atoms with van der Waals surface area (Å²) in [6.45, 7) is 2.10. The summed E-state index contributed by atoms with van der Waals surface area (Å²) in [6.07, 6.45) is 8.62. The average molecular weight is 237 g/mol. The molecule has 0 radical (unpaired) electrons. The third-order valence-corrected chi connectivity index (χ3v) is 3.41. The van der Waals surface area contributed by atoms with E-state index in [4.69, 9.17) is 0 Å². The molecule has 0 saturated carbocycles. The SMILES string of the molecule is C/C(=C1/CC=C2C=CC=C(O)N21)c1ccccc1. The molecular weight excluding hydrogens is 222 g/mol. The van der Waals surface area contributed by atoms with Gasteiger partial charge in [-0.25, -0.2) is 0 Å². The van der Waals surface area contributed by atoms with Crippen molar-refractivity contribution in [1.29, 1.82) is 0 Å². The van der Waals surface area contributed by atoms with E-state index in [9.17, 15) is 5.11 Å². The van der Waals surface area contributed by atoms with Crippen molar-refractivity contribution < 1.29 is 5.11 Å². The Hall–Kier alpha value is -2.22. The molecule has 0 saturated heterocycles. The third kappa shape index (κ3) is 1.66. The second-order valence-electron chi connectivity index (χ2n) is 4.49. The van der Waals surface area contributed by atoms with Crippen LogP contribution in [-0.4, -0.2) is 10.0 Å². The van der Waals surface area contributed by atoms with Gasteiger partial charge in [-0.15, -0.1) is 0 Å². The summed E-state index contributed by atoms with van der Waals surface area (Å²) in [4.78, 5) is 1.92. The van der Waals surface area contributed by atoms with E-state index >= 15 is 0 Å². The minimum Gasteiger partial charge on any atom is -0.494 e. The zero-order valence-corrected chi connectivity index (χ0v) is 10.3. The molecule has 0 aromatic heterocycles. The van der Waals surface area contributed by atoms with Crippen LogP contribution in [0.1, 0.15) is 18.9 Å². The van der Waals surface area contributed by atoms with E-state index in [1.807, 2.05) is 35.3 Å². The van der Waals surface area contributed by atoms with Crippen LogP contribution in [0.15, 0.2) is 71.9 Å². The molecule has 1 aromatic carbocycles. The zero-order chi connectivity index (χ0) is 12.5. The van der Waals surface area contributed by atoms with Crippen molar-refractivity contribution in [2.75, 3.05) is 0 Å². The Morgan fingerprint density at radius 2 is 2.00 bits per heavy atom. The van der Waals surface area contributed by atoms with Crippen LogP contribution in [0.2, 0.25) is 0 Å². The number of fused-ring (bicyclic) bond motifs is 1. The van der Waals surface area contributed by atoms with E-state index in [1.54, 1.807) is 6.08 Å². The van der Waals surface area contributed by atoms with E-state index < -0.39 is 0 Å². The van der Waals surface area contributed by atoms with Gasteiger partial charge in [-0.3, -0.25) is 4.90 Å². The Kier molecular flexibility index (Phi) is 2.56. The fourth-order valence-corrected chi connectivity index (χ4v) is 2.44. The standard InChI is InChI=1S/C16H15NO/c1-12(13-6-3-2-4-7-13)15-11-10-14-8-5-9-16(18)17(14)15/h2-10,18H,11H2,1H3/b15-12+. The molecule has 2 aliphatic rings. The lowest BCUT2D eigenvalue weighted by Crippen LogP contribution is -2.19. The molecular formula is C16H15NO. The highest BCUT2D eigenvalue weighted by Crippen LogP contribution is 2.36. The molecule has 0 bridgehead atoms. The van der Waals surface area contributed by atoms with E-state index in [2.05, 4.69) is 25.1 Å². The van der Waals surface area contributed by atoms with Crippen LogP contribution in [0.3, 0.4) is 0 Å². The molecule has 2 heterocycles. The number of hydrogen-bond acceptors (Lipinski definition) is 2. The molecule has 0 amide bonds. The van der Waals surface area contributed by atoms with E-state index in [-0.39, 0.29) is 0 Å². The highest BCUT2D eigenvalue weighted by Gasteiger charge is 2.25. The first-order valence-electron chi connectivity index (χ1n) is 6.10. The summed E-state index contributed by atoms with van der Waals surface area (Å²) in [5, 5.41) is 10.0. The molecule has 0 atom stereocenters. The summed E-state index contributed by atoms with van der Waals surface area (Å²) in [5.74, 6) is 0.298. The van der Waals surface area contributed by atoms with Gasteiger partial charge in [-0.2, -0.15) is 0 Å². The molecule has 1 aromatic rings. The minimum atomic E-state index is 0.298. The van der Waals surface area contributed by atoms with Gasteiger partial charge in [0.2, 0.25) is 0 Å². The molecule has 2 nitrogen and oxygen atoms in total. The highest BCUT2D eigenvalue weighted by atomic mass is 16.3. The fourth-order valence-electron chi connectivity index (χ4n) is 2.44. The van der Waals surface area contributed by atoms with E-state index in [0.29, 0.717) is 5.88 Å². The molecule has 0 unspecified atom stereocenters. The largest absolute Gasteiger partial charge is 0.494 e. The minimum absolute atomic E-state index is 0.298. The molecule has 3 rings (SSSR count). The lowest BCUT2D eigenvalue weighted by molar-refractivity contribution is 0.282. The van der Waals surface area contributed by atoms with Crippen LogP contribution in [-0.2, 0) is 0 Å². The quantitative estimate of drug-likeness (QED) is 0.798. The van der Waals surface area contributed by atoms with Gasteiger partial charge < -0.3 is 5.11 Å². The normalized spacial score (nSPS) is 20.4. The van der Waals surface area contributed by atoms with Crippen LogP contribution in [0.4, 0.5) is 0 Å². The Balaban J connectivity index is 2.05. The third-order valence-electron chi connectivity index (χ3n) is 3.41. The van der Waals surface area contributed by atoms with Crippen LogP contribution >= 0.6 is 0 Å². The van der Waals surface area contributed by atoms with Crippen LogP contribution in [0.25, 0.3) is 5.57 Å². The Bertz CT molecular complexity index is 591. The van der Waals surface area contributed by atoms with Crippen LogP contribution in [0.5, 0.6) is 0 Å². The molecule has 0 fully saturated rings. The van der Waals surface area contributed by atoms with Crippen LogP contribution in [0, 0.1) is 0 Å². The van der Waals surface area contributed by atoms with Crippen molar-refractivity contribution in [2.45, 2.75) is 13.3 Å². The summed E-state index contributed by atoms with van der Waals surface area (Å²) in [5.41, 5.74) is 4.61. The second kappa shape index (κ2) is 4.22. The monoisotopic (exact) mass is 237 g/mol. The maximum Gasteiger partial charge on any atom is 0.195 e. The van der Waals surface area contributed by atoms with Crippen LogP contribution < -0.4 is 0 Å². The van der Waals surface area contributed by atoms with Crippen molar-refractivity contribution in [2.24, 2.45) is 0 Å². The first-order chi connectivity index (χ1) is 8.77. The highest BCUT2D eigenvalue weighted by molar-refractivity contribution is 5.69. The Morgan fingerprint density at radius 3 is 2.78 bits per heavy atom. The van der Waals surface area contributed by atoms with E-state index in [0.717, 1.165) is 17.8 Å². The van der Waals surface area contributed by atoms with Gasteiger partial charge in [0.25, 0.3) is 0 Å². The fraction of sp³-hybridized carbons (Fsp3) is 0.125. The molecule has 90 valence electrons. The molecule has 0 aliphatic carbocycles. The topological polar surface area (TPSA) is 23.5 Å². The Morgan fingerprint density at radius 1 is 1.22 bits per heavy atom. The number of rotatable bonds is 1. The Labute approximate surface area is 107 Å². The number of aliphatic hydroxyl groups is 1. The molecule has 2 aliphatic heterocycles. The summed E-state index contributed by atoms with van der Waals surface area (Å²) >= 11 is 0. The first kappa shape index (κ1) is 10.9. The van der Waals surface area contributed by atoms with Gasteiger partial charge >= 0.3 is 0 Å². The van der Waals surface area contributed by atoms with Gasteiger partial charge in [-0.05, 0) is 30.2 Å². The molecule has 2 heteroatoms. The van der Waals surface area contributed by atoms with Crippen molar-refractivity contribution in [3.8, 4) is 0 Å². The number of aliphatic hydroxyl groups excluding tert-OH is 1. The maximum atomic E-state index is 10.0. The predicted molar refractivity (Wildman–Crippen MR) is 73.4 cm³/mol. The van der Waals surface area contributed by atoms with Gasteiger partial charge in [0, 0.05) is 17.8 Å². The summed E-state index contributed by atoms with van der Waals surface area (Å²) in [7, 11) is 0. The van der Waals surface area contributed by atoms with E-state index in [1.165, 1.54) is 11.1 Å². The van der Waals surface area contributed by atoms with Crippen molar-refractivity contribution in [3.05, 3.63) is 77.5 Å². The first-order valence-corrected chi connectivity index (χ1v) is 6.10. The molecule has 0 spiro atoms. The van der Waals surface area contributed by atoms with Crippen molar-refractivity contribution in [3.63, 3.8) is 0 Å². The lowest BCUT2D eigenvalue weighted by atomic mass is 10.0. The molecule has 18 heavy (non-hydrogen) atoms. The van der Waals surface area contributed by atoms with Crippen molar-refractivity contribution >= 4 is 5.57 Å². The molecule has 1 N–H and O–H groups in total. The van der Waals surface area contributed by atoms with Gasteiger partial charge in [0.1, 0.15) is 0 Å². The van der Waals surface area contributed by atoms with Gasteiger partial charge in [0.05, 0.1) is 0 Å². The van der Waals surface area contributed by atoms with Gasteiger partial charge in [-0.1, -0.05) is 42.5 Å². The number of hydrogen-bond donors (Lipinski definition) is 1. The average Bonchev–Trinajstić information content (AvgIpc) is 2.84. The predicted octanol–water partition coefficient (Wildman–Crippen LogP) is 3.98. The summed E-state index contributed by atoms with van der Waals surface area (Å²) in [6, 6.07) is 10.3. The zero-order valence-electron chi connectivity index (χ0n) is 10.3. The second-order valence-corrected chi connectivity index (χ2v) is 4.49.